The molecule has 88 valence electrons. The smallest absolute Gasteiger partial charge is 0.000794 e. The van der Waals surface area contributed by atoms with Crippen LogP contribution in [0.4, 0.5) is 0 Å². The van der Waals surface area contributed by atoms with Crippen LogP contribution in [-0.2, 0) is 0 Å². The van der Waals surface area contributed by atoms with Crippen molar-refractivity contribution in [3.63, 3.8) is 0 Å². The van der Waals surface area contributed by atoms with Gasteiger partial charge in [0.2, 0.25) is 0 Å². The Morgan fingerprint density at radius 2 is 2.27 bits per heavy atom. The Morgan fingerprint density at radius 1 is 1.40 bits per heavy atom. The minimum Gasteiger partial charge on any atom is -0.316 e. The maximum Gasteiger partial charge on any atom is 0.000794 e. The molecule has 1 heterocycles. The van der Waals surface area contributed by atoms with Gasteiger partial charge in [-0.2, -0.15) is 0 Å². The highest BCUT2D eigenvalue weighted by molar-refractivity contribution is 4.94. The minimum absolute atomic E-state index is 0.719. The number of rotatable bonds is 6. The number of hydrogen-bond donors (Lipinski definition) is 2. The minimum atomic E-state index is 0.719. The molecule has 0 amide bonds. The normalized spacial score (nSPS) is 29.0. The van der Waals surface area contributed by atoms with E-state index < -0.39 is 0 Å². The highest BCUT2D eigenvalue weighted by atomic mass is 14.9. The summed E-state index contributed by atoms with van der Waals surface area (Å²) >= 11 is 0. The molecule has 1 saturated heterocycles. The SMILES string of the molecule is CCCC1(CNCC2CCCNC2)CC1. The lowest BCUT2D eigenvalue weighted by Crippen LogP contribution is -2.37. The Kier molecular flexibility index (Phi) is 4.04. The second-order valence-electron chi connectivity index (χ2n) is 5.59. The first kappa shape index (κ1) is 11.4. The van der Waals surface area contributed by atoms with Crippen molar-refractivity contribution in [3.05, 3.63) is 0 Å². The average Bonchev–Trinajstić information content (AvgIpc) is 3.00. The summed E-state index contributed by atoms with van der Waals surface area (Å²) in [7, 11) is 0. The van der Waals surface area contributed by atoms with Gasteiger partial charge in [0, 0.05) is 6.54 Å². The van der Waals surface area contributed by atoms with Crippen LogP contribution in [0.15, 0.2) is 0 Å². The number of nitrogens with one attached hydrogen (secondary N) is 2. The molecule has 2 rings (SSSR count). The molecule has 15 heavy (non-hydrogen) atoms. The highest BCUT2D eigenvalue weighted by Crippen LogP contribution is 2.48. The lowest BCUT2D eigenvalue weighted by atomic mass is 9.98. The maximum atomic E-state index is 3.70. The van der Waals surface area contributed by atoms with E-state index in [0.29, 0.717) is 0 Å². The summed E-state index contributed by atoms with van der Waals surface area (Å²) in [6, 6.07) is 0. The van der Waals surface area contributed by atoms with Gasteiger partial charge in [0.05, 0.1) is 0 Å². The van der Waals surface area contributed by atoms with Gasteiger partial charge in [0.15, 0.2) is 0 Å². The van der Waals surface area contributed by atoms with E-state index in [1.54, 1.807) is 0 Å². The third-order valence-electron chi connectivity index (χ3n) is 4.07. The molecule has 2 fully saturated rings. The van der Waals surface area contributed by atoms with Gasteiger partial charge >= 0.3 is 0 Å². The maximum absolute atomic E-state index is 3.70. The summed E-state index contributed by atoms with van der Waals surface area (Å²) in [6.45, 7) is 7.28. The van der Waals surface area contributed by atoms with Crippen molar-refractivity contribution in [2.24, 2.45) is 11.3 Å². The van der Waals surface area contributed by atoms with Crippen LogP contribution in [0.1, 0.15) is 45.4 Å². The Bertz CT molecular complexity index is 181. The fourth-order valence-corrected chi connectivity index (χ4v) is 2.86. The van der Waals surface area contributed by atoms with E-state index >= 15 is 0 Å². The quantitative estimate of drug-likeness (QED) is 0.702. The molecule has 0 radical (unpaired) electrons. The molecule has 0 aromatic heterocycles. The predicted molar refractivity (Wildman–Crippen MR) is 65.0 cm³/mol. The van der Waals surface area contributed by atoms with E-state index in [-0.39, 0.29) is 0 Å². The van der Waals surface area contributed by atoms with Crippen LogP contribution in [0.5, 0.6) is 0 Å². The number of hydrogen-bond acceptors (Lipinski definition) is 2. The summed E-state index contributed by atoms with van der Waals surface area (Å²) in [4.78, 5) is 0. The zero-order valence-corrected chi connectivity index (χ0v) is 10.1. The van der Waals surface area contributed by atoms with E-state index in [4.69, 9.17) is 0 Å². The lowest BCUT2D eigenvalue weighted by Gasteiger charge is -2.24. The molecule has 0 aromatic rings. The van der Waals surface area contributed by atoms with Crippen molar-refractivity contribution in [3.8, 4) is 0 Å². The van der Waals surface area contributed by atoms with Gasteiger partial charge in [-0.1, -0.05) is 13.3 Å². The first-order chi connectivity index (χ1) is 7.35. The number of piperidine rings is 1. The molecular formula is C13H26N2. The first-order valence-electron chi connectivity index (χ1n) is 6.76. The second-order valence-corrected chi connectivity index (χ2v) is 5.59. The van der Waals surface area contributed by atoms with Crippen molar-refractivity contribution >= 4 is 0 Å². The van der Waals surface area contributed by atoms with Crippen molar-refractivity contribution in [1.29, 1.82) is 0 Å². The molecule has 1 aliphatic heterocycles. The summed E-state index contributed by atoms with van der Waals surface area (Å²) < 4.78 is 0. The third-order valence-corrected chi connectivity index (χ3v) is 4.07. The standard InChI is InChI=1S/C13H26N2/c1-2-5-13(6-7-13)11-15-10-12-4-3-8-14-9-12/h12,14-15H,2-11H2,1H3. The van der Waals surface area contributed by atoms with E-state index in [1.165, 1.54) is 64.7 Å². The molecule has 2 nitrogen and oxygen atoms in total. The van der Waals surface area contributed by atoms with E-state index in [2.05, 4.69) is 17.6 Å². The molecule has 0 bridgehead atoms. The molecule has 1 atom stereocenters. The van der Waals surface area contributed by atoms with Gasteiger partial charge in [-0.15, -0.1) is 0 Å². The summed E-state index contributed by atoms with van der Waals surface area (Å²) in [5.74, 6) is 0.885. The van der Waals surface area contributed by atoms with Gasteiger partial charge in [-0.05, 0) is 63.1 Å². The summed E-state index contributed by atoms with van der Waals surface area (Å²) in [5.41, 5.74) is 0.719. The fraction of sp³-hybridized carbons (Fsp3) is 1.00. The summed E-state index contributed by atoms with van der Waals surface area (Å²) in [5, 5.41) is 7.19. The molecule has 2 aliphatic rings. The Morgan fingerprint density at radius 3 is 2.87 bits per heavy atom. The lowest BCUT2D eigenvalue weighted by molar-refractivity contribution is 0.337. The van der Waals surface area contributed by atoms with Gasteiger partial charge in [-0.25, -0.2) is 0 Å². The van der Waals surface area contributed by atoms with Crippen LogP contribution in [0.3, 0.4) is 0 Å². The highest BCUT2D eigenvalue weighted by Gasteiger charge is 2.40. The van der Waals surface area contributed by atoms with Crippen molar-refractivity contribution in [2.45, 2.75) is 45.4 Å². The molecule has 1 saturated carbocycles. The zero-order valence-electron chi connectivity index (χ0n) is 10.1. The Labute approximate surface area is 94.2 Å². The largest absolute Gasteiger partial charge is 0.316 e. The van der Waals surface area contributed by atoms with Crippen molar-refractivity contribution in [1.82, 2.24) is 10.6 Å². The van der Waals surface area contributed by atoms with Gasteiger partial charge in [0.25, 0.3) is 0 Å². The summed E-state index contributed by atoms with van der Waals surface area (Å²) in [6.07, 6.45) is 8.51. The van der Waals surface area contributed by atoms with Crippen molar-refractivity contribution in [2.75, 3.05) is 26.2 Å². The average molecular weight is 210 g/mol. The Hall–Kier alpha value is -0.0800. The second kappa shape index (κ2) is 5.31. The van der Waals surface area contributed by atoms with Crippen LogP contribution >= 0.6 is 0 Å². The van der Waals surface area contributed by atoms with E-state index in [9.17, 15) is 0 Å². The predicted octanol–water partition coefficient (Wildman–Crippen LogP) is 2.16. The molecule has 1 aliphatic carbocycles. The van der Waals surface area contributed by atoms with E-state index in [1.807, 2.05) is 0 Å². The monoisotopic (exact) mass is 210 g/mol. The van der Waals surface area contributed by atoms with E-state index in [0.717, 1.165) is 11.3 Å². The molecular weight excluding hydrogens is 184 g/mol. The van der Waals surface area contributed by atoms with Gasteiger partial charge < -0.3 is 10.6 Å². The van der Waals surface area contributed by atoms with Crippen LogP contribution in [-0.4, -0.2) is 26.2 Å². The van der Waals surface area contributed by atoms with Crippen LogP contribution in [0.2, 0.25) is 0 Å². The molecule has 0 aromatic carbocycles. The Balaban J connectivity index is 1.58. The van der Waals surface area contributed by atoms with Gasteiger partial charge in [0.1, 0.15) is 0 Å². The zero-order chi connectivity index (χ0) is 10.6. The van der Waals surface area contributed by atoms with Gasteiger partial charge in [-0.3, -0.25) is 0 Å². The molecule has 2 heteroatoms. The van der Waals surface area contributed by atoms with Crippen LogP contribution in [0, 0.1) is 11.3 Å². The van der Waals surface area contributed by atoms with Crippen LogP contribution in [0.25, 0.3) is 0 Å². The first-order valence-corrected chi connectivity index (χ1v) is 6.76. The fourth-order valence-electron chi connectivity index (χ4n) is 2.86. The topological polar surface area (TPSA) is 24.1 Å². The van der Waals surface area contributed by atoms with Crippen LogP contribution < -0.4 is 10.6 Å². The molecule has 1 unspecified atom stereocenters. The molecule has 2 N–H and O–H groups in total. The third kappa shape index (κ3) is 3.46. The molecule has 0 spiro atoms. The van der Waals surface area contributed by atoms with Crippen molar-refractivity contribution < 1.29 is 0 Å².